The summed E-state index contributed by atoms with van der Waals surface area (Å²) in [6, 6.07) is 13.1. The van der Waals surface area contributed by atoms with Crippen LogP contribution in [0, 0.1) is 11.6 Å². The van der Waals surface area contributed by atoms with Crippen molar-refractivity contribution < 1.29 is 36.8 Å². The van der Waals surface area contributed by atoms with E-state index in [1.54, 1.807) is 6.07 Å². The van der Waals surface area contributed by atoms with Gasteiger partial charge in [0.1, 0.15) is 23.0 Å². The molecule has 0 aliphatic heterocycles. The highest BCUT2D eigenvalue weighted by Gasteiger charge is 2.30. The van der Waals surface area contributed by atoms with E-state index in [9.17, 15) is 32.4 Å². The maximum atomic E-state index is 14.5. The zero-order chi connectivity index (χ0) is 28.6. The van der Waals surface area contributed by atoms with Crippen LogP contribution in [0.4, 0.5) is 8.78 Å². The quantitative estimate of drug-likeness (QED) is 0.172. The SMILES string of the molecule is CNC(=O)c1c(-c2ccc(F)cc2)oc2cc(CN(CCc3ccc(B(O)O)cc3F)S(=O)O)c(C3CC3)cc12. The molecule has 4 aromatic rings. The van der Waals surface area contributed by atoms with Crippen molar-refractivity contribution in [3.8, 4) is 11.3 Å². The number of nitrogens with zero attached hydrogens (tertiary/aromatic N) is 1. The van der Waals surface area contributed by atoms with Crippen molar-refractivity contribution in [2.24, 2.45) is 0 Å². The number of amides is 1. The largest absolute Gasteiger partial charge is 0.488 e. The van der Waals surface area contributed by atoms with Crippen LogP contribution in [0.3, 0.4) is 0 Å². The molecule has 0 spiro atoms. The number of hydrogen-bond acceptors (Lipinski definition) is 5. The van der Waals surface area contributed by atoms with Crippen molar-refractivity contribution in [2.75, 3.05) is 13.6 Å². The molecule has 1 heterocycles. The minimum atomic E-state index is -2.37. The van der Waals surface area contributed by atoms with Crippen molar-refractivity contribution in [3.63, 3.8) is 0 Å². The van der Waals surface area contributed by atoms with E-state index in [0.717, 1.165) is 30.0 Å². The number of hydrogen-bond donors (Lipinski definition) is 4. The van der Waals surface area contributed by atoms with Crippen molar-refractivity contribution in [3.05, 3.63) is 88.5 Å². The third kappa shape index (κ3) is 5.86. The Morgan fingerprint density at radius 3 is 2.42 bits per heavy atom. The summed E-state index contributed by atoms with van der Waals surface area (Å²) in [4.78, 5) is 12.9. The van der Waals surface area contributed by atoms with Crippen LogP contribution in [0.15, 0.2) is 59.0 Å². The van der Waals surface area contributed by atoms with Crippen LogP contribution >= 0.6 is 0 Å². The lowest BCUT2D eigenvalue weighted by Crippen LogP contribution is -2.31. The number of halogens is 2. The Bertz CT molecular complexity index is 1590. The van der Waals surface area contributed by atoms with Gasteiger partial charge in [0.2, 0.25) is 11.3 Å². The summed E-state index contributed by atoms with van der Waals surface area (Å²) < 4.78 is 57.8. The smallest absolute Gasteiger partial charge is 0.455 e. The molecule has 0 saturated heterocycles. The third-order valence-corrected chi connectivity index (χ3v) is 7.85. The van der Waals surface area contributed by atoms with Gasteiger partial charge in [-0.2, -0.15) is 4.31 Å². The number of carbonyl (C=O) groups is 1. The second-order valence-corrected chi connectivity index (χ2v) is 10.8. The highest BCUT2D eigenvalue weighted by Crippen LogP contribution is 2.45. The maximum Gasteiger partial charge on any atom is 0.488 e. The van der Waals surface area contributed by atoms with Gasteiger partial charge in [0, 0.05) is 31.1 Å². The molecule has 40 heavy (non-hydrogen) atoms. The Morgan fingerprint density at radius 2 is 1.82 bits per heavy atom. The Kier molecular flexibility index (Phi) is 8.15. The standard InChI is InChI=1S/C28H27BF2N2O6S/c1-32-28(34)26-23-14-22(16-2-3-16)19(12-25(23)39-27(26)18-5-8-21(30)9-6-18)15-33(40(37)38)11-10-17-4-7-20(29(35)36)13-24(17)31/h4-9,12-14,16,35-36H,2-3,10-11,15H2,1H3,(H,32,34)(H,37,38). The second kappa shape index (κ2) is 11.6. The number of nitrogens with one attached hydrogen (secondary N) is 1. The summed E-state index contributed by atoms with van der Waals surface area (Å²) in [5, 5.41) is 21.7. The van der Waals surface area contributed by atoms with Crippen LogP contribution in [0.2, 0.25) is 0 Å². The van der Waals surface area contributed by atoms with Gasteiger partial charge < -0.3 is 19.8 Å². The molecule has 3 aromatic carbocycles. The van der Waals surface area contributed by atoms with Crippen LogP contribution in [-0.4, -0.2) is 49.7 Å². The maximum absolute atomic E-state index is 14.5. The fraction of sp³-hybridized carbons (Fsp3) is 0.250. The van der Waals surface area contributed by atoms with Crippen molar-refractivity contribution in [1.29, 1.82) is 0 Å². The van der Waals surface area contributed by atoms with Crippen LogP contribution < -0.4 is 10.8 Å². The molecule has 1 fully saturated rings. The molecule has 12 heteroatoms. The third-order valence-electron chi connectivity index (χ3n) is 7.10. The van der Waals surface area contributed by atoms with Gasteiger partial charge >= 0.3 is 7.12 Å². The van der Waals surface area contributed by atoms with E-state index < -0.39 is 30.0 Å². The van der Waals surface area contributed by atoms with Gasteiger partial charge in [-0.1, -0.05) is 12.1 Å². The summed E-state index contributed by atoms with van der Waals surface area (Å²) in [7, 11) is -0.280. The molecule has 4 N–H and O–H groups in total. The molecule has 1 amide bonds. The molecular weight excluding hydrogens is 541 g/mol. The van der Waals surface area contributed by atoms with Crippen LogP contribution in [0.5, 0.6) is 0 Å². The molecule has 208 valence electrons. The topological polar surface area (TPSA) is 123 Å². The van der Waals surface area contributed by atoms with Crippen molar-refractivity contribution in [2.45, 2.75) is 31.7 Å². The molecule has 5 rings (SSSR count). The molecule has 8 nitrogen and oxygen atoms in total. The first kappa shape index (κ1) is 28.1. The van der Waals surface area contributed by atoms with E-state index in [2.05, 4.69) is 5.32 Å². The Labute approximate surface area is 232 Å². The van der Waals surface area contributed by atoms with Gasteiger partial charge in [0.25, 0.3) is 5.91 Å². The van der Waals surface area contributed by atoms with Crippen molar-refractivity contribution in [1.82, 2.24) is 9.62 Å². The molecule has 0 radical (unpaired) electrons. The molecule has 0 bridgehead atoms. The first-order valence-corrected chi connectivity index (χ1v) is 13.8. The van der Waals surface area contributed by atoms with Crippen LogP contribution in [0.25, 0.3) is 22.3 Å². The highest BCUT2D eigenvalue weighted by molar-refractivity contribution is 7.76. The van der Waals surface area contributed by atoms with Gasteiger partial charge in [-0.15, -0.1) is 0 Å². The zero-order valence-electron chi connectivity index (χ0n) is 21.6. The van der Waals surface area contributed by atoms with Gasteiger partial charge in [0.05, 0.1) is 5.56 Å². The van der Waals surface area contributed by atoms with Crippen molar-refractivity contribution >= 4 is 40.7 Å². The number of rotatable bonds is 10. The van der Waals surface area contributed by atoms with E-state index >= 15 is 0 Å². The first-order valence-electron chi connectivity index (χ1n) is 12.7. The summed E-state index contributed by atoms with van der Waals surface area (Å²) in [5.74, 6) is -0.890. The molecular formula is C28H27BF2N2O6S. The summed E-state index contributed by atoms with van der Waals surface area (Å²) in [6.45, 7) is 0.119. The minimum Gasteiger partial charge on any atom is -0.455 e. The number of fused-ring (bicyclic) bond motifs is 1. The zero-order valence-corrected chi connectivity index (χ0v) is 22.4. The average molecular weight is 568 g/mol. The molecule has 1 atom stereocenters. The van der Waals surface area contributed by atoms with Gasteiger partial charge in [-0.25, -0.2) is 13.0 Å². The molecule has 1 aliphatic rings. The Morgan fingerprint density at radius 1 is 1.10 bits per heavy atom. The average Bonchev–Trinajstić information content (AvgIpc) is 3.71. The van der Waals surface area contributed by atoms with E-state index in [1.807, 2.05) is 6.07 Å². The number of carbonyl (C=O) groups excluding carboxylic acids is 1. The fourth-order valence-corrected chi connectivity index (χ4v) is 5.34. The number of furan rings is 1. The predicted octanol–water partition coefficient (Wildman–Crippen LogP) is 3.48. The lowest BCUT2D eigenvalue weighted by atomic mass is 9.80. The Hall–Kier alpha value is -3.42. The fourth-order valence-electron chi connectivity index (χ4n) is 4.84. The monoisotopic (exact) mass is 568 g/mol. The summed E-state index contributed by atoms with van der Waals surface area (Å²) in [5.41, 5.74) is 3.23. The van der Waals surface area contributed by atoms with Crippen LogP contribution in [0.1, 0.15) is 45.8 Å². The molecule has 1 aliphatic carbocycles. The summed E-state index contributed by atoms with van der Waals surface area (Å²) >= 11 is -2.37. The highest BCUT2D eigenvalue weighted by atomic mass is 32.2. The van der Waals surface area contributed by atoms with E-state index in [1.165, 1.54) is 47.8 Å². The molecule has 1 aromatic heterocycles. The second-order valence-electron chi connectivity index (χ2n) is 9.78. The van der Waals surface area contributed by atoms with Gasteiger partial charge in [-0.3, -0.25) is 9.35 Å². The van der Waals surface area contributed by atoms with E-state index in [0.29, 0.717) is 27.9 Å². The van der Waals surface area contributed by atoms with E-state index in [4.69, 9.17) is 4.42 Å². The lowest BCUT2D eigenvalue weighted by molar-refractivity contribution is 0.0964. The first-order chi connectivity index (χ1) is 19.2. The summed E-state index contributed by atoms with van der Waals surface area (Å²) in [6.07, 6.45) is 1.98. The molecule has 1 unspecified atom stereocenters. The predicted molar refractivity (Wildman–Crippen MR) is 148 cm³/mol. The number of benzene rings is 3. The van der Waals surface area contributed by atoms with E-state index in [-0.39, 0.29) is 42.4 Å². The normalized spacial score (nSPS) is 14.1. The minimum absolute atomic E-state index is 0.0146. The van der Waals surface area contributed by atoms with Gasteiger partial charge in [-0.05, 0) is 89.8 Å². The molecule has 1 saturated carbocycles. The van der Waals surface area contributed by atoms with Crippen LogP contribution in [-0.2, 0) is 24.2 Å². The Balaban J connectivity index is 1.49. The lowest BCUT2D eigenvalue weighted by Gasteiger charge is -2.20. The van der Waals surface area contributed by atoms with Gasteiger partial charge in [0.15, 0.2) is 0 Å².